The van der Waals surface area contributed by atoms with Crippen LogP contribution in [0.5, 0.6) is 0 Å². The number of anilines is 1. The lowest BCUT2D eigenvalue weighted by Crippen LogP contribution is -2.22. The van der Waals surface area contributed by atoms with Gasteiger partial charge in [-0.3, -0.25) is 0 Å². The molecule has 0 bridgehead atoms. The third-order valence-electron chi connectivity index (χ3n) is 1.67. The topological polar surface area (TPSA) is 52.5 Å². The Bertz CT molecular complexity index is 309. The Hall–Kier alpha value is -0.840. The van der Waals surface area contributed by atoms with E-state index in [-0.39, 0.29) is 18.2 Å². The van der Waals surface area contributed by atoms with Gasteiger partial charge >= 0.3 is 0 Å². The first-order valence-electron chi connectivity index (χ1n) is 4.11. The van der Waals surface area contributed by atoms with Crippen molar-refractivity contribution in [2.45, 2.75) is 6.10 Å². The molecule has 0 aliphatic carbocycles. The van der Waals surface area contributed by atoms with Crippen molar-refractivity contribution in [2.24, 2.45) is 0 Å². The molecule has 5 heteroatoms. The van der Waals surface area contributed by atoms with Crippen molar-refractivity contribution in [3.8, 4) is 0 Å². The molecule has 0 radical (unpaired) electrons. The fraction of sp³-hybridized carbons (Fsp3) is 0.333. The number of benzene rings is 1. The molecule has 0 saturated carbocycles. The van der Waals surface area contributed by atoms with Gasteiger partial charge in [-0.1, -0.05) is 11.6 Å². The van der Waals surface area contributed by atoms with Crippen LogP contribution in [0.1, 0.15) is 0 Å². The van der Waals surface area contributed by atoms with Gasteiger partial charge in [-0.05, 0) is 18.2 Å². The summed E-state index contributed by atoms with van der Waals surface area (Å²) in [6, 6.07) is 4.16. The molecule has 0 unspecified atom stereocenters. The summed E-state index contributed by atoms with van der Waals surface area (Å²) >= 11 is 5.54. The van der Waals surface area contributed by atoms with Crippen LogP contribution in [-0.4, -0.2) is 29.5 Å². The summed E-state index contributed by atoms with van der Waals surface area (Å²) in [5.74, 6) is -0.486. The highest BCUT2D eigenvalue weighted by atomic mass is 35.5. The van der Waals surface area contributed by atoms with E-state index in [4.69, 9.17) is 21.8 Å². The minimum absolute atomic E-state index is 0.0217. The summed E-state index contributed by atoms with van der Waals surface area (Å²) in [7, 11) is 0. The van der Waals surface area contributed by atoms with E-state index in [1.165, 1.54) is 18.2 Å². The van der Waals surface area contributed by atoms with E-state index in [2.05, 4.69) is 5.32 Å². The van der Waals surface area contributed by atoms with Crippen LogP contribution in [0.2, 0.25) is 5.02 Å². The number of rotatable bonds is 4. The molecule has 1 aromatic carbocycles. The van der Waals surface area contributed by atoms with Gasteiger partial charge in [0.15, 0.2) is 0 Å². The zero-order valence-electron chi connectivity index (χ0n) is 7.37. The predicted molar refractivity (Wildman–Crippen MR) is 53.0 cm³/mol. The van der Waals surface area contributed by atoms with Crippen LogP contribution >= 0.6 is 11.6 Å². The SMILES string of the molecule is OC[C@@H](O)CNc1ccc(F)c(Cl)c1. The van der Waals surface area contributed by atoms with E-state index < -0.39 is 11.9 Å². The number of hydrogen-bond acceptors (Lipinski definition) is 3. The standard InChI is InChI=1S/C9H11ClFNO2/c10-8-3-6(1-2-9(8)11)12-4-7(14)5-13/h1-3,7,12-14H,4-5H2/t7-/m0/s1. The molecule has 3 nitrogen and oxygen atoms in total. The summed E-state index contributed by atoms with van der Waals surface area (Å²) < 4.78 is 12.7. The molecule has 0 aliphatic rings. The second-order valence-corrected chi connectivity index (χ2v) is 3.25. The van der Waals surface area contributed by atoms with E-state index in [0.29, 0.717) is 5.69 Å². The third-order valence-corrected chi connectivity index (χ3v) is 1.96. The van der Waals surface area contributed by atoms with Gasteiger partial charge in [-0.25, -0.2) is 4.39 Å². The van der Waals surface area contributed by atoms with Gasteiger partial charge in [0.25, 0.3) is 0 Å². The molecule has 0 aliphatic heterocycles. The second kappa shape index (κ2) is 5.14. The minimum Gasteiger partial charge on any atom is -0.394 e. The summed E-state index contributed by atoms with van der Waals surface area (Å²) in [5.41, 5.74) is 0.601. The highest BCUT2D eigenvalue weighted by molar-refractivity contribution is 6.31. The third kappa shape index (κ3) is 3.14. The van der Waals surface area contributed by atoms with Gasteiger partial charge in [-0.2, -0.15) is 0 Å². The summed E-state index contributed by atoms with van der Waals surface area (Å²) in [6.07, 6.45) is -0.834. The first kappa shape index (κ1) is 11.2. The molecule has 0 saturated heterocycles. The molecule has 0 fully saturated rings. The molecule has 14 heavy (non-hydrogen) atoms. The molecular formula is C9H11ClFNO2. The number of nitrogens with one attached hydrogen (secondary N) is 1. The lowest BCUT2D eigenvalue weighted by atomic mass is 10.3. The van der Waals surface area contributed by atoms with Crippen LogP contribution in [0.25, 0.3) is 0 Å². The second-order valence-electron chi connectivity index (χ2n) is 2.85. The highest BCUT2D eigenvalue weighted by Crippen LogP contribution is 2.19. The lowest BCUT2D eigenvalue weighted by molar-refractivity contribution is 0.105. The summed E-state index contributed by atoms with van der Waals surface area (Å²) in [5, 5.41) is 20.4. The van der Waals surface area contributed by atoms with Crippen LogP contribution in [0, 0.1) is 5.82 Å². The monoisotopic (exact) mass is 219 g/mol. The van der Waals surface area contributed by atoms with E-state index in [0.717, 1.165) is 0 Å². The summed E-state index contributed by atoms with van der Waals surface area (Å²) in [6.45, 7) is -0.125. The smallest absolute Gasteiger partial charge is 0.141 e. The van der Waals surface area contributed by atoms with Crippen molar-refractivity contribution >= 4 is 17.3 Å². The van der Waals surface area contributed by atoms with Gasteiger partial charge in [0.2, 0.25) is 0 Å². The molecule has 0 heterocycles. The van der Waals surface area contributed by atoms with E-state index in [1.54, 1.807) is 0 Å². The Labute approximate surface area is 86.1 Å². The van der Waals surface area contributed by atoms with Gasteiger partial charge in [0.1, 0.15) is 5.82 Å². The van der Waals surface area contributed by atoms with Crippen molar-refractivity contribution in [1.29, 1.82) is 0 Å². The Morgan fingerprint density at radius 1 is 1.50 bits per heavy atom. The van der Waals surface area contributed by atoms with Gasteiger partial charge in [0, 0.05) is 12.2 Å². The first-order chi connectivity index (χ1) is 6.63. The molecule has 3 N–H and O–H groups in total. The fourth-order valence-corrected chi connectivity index (χ4v) is 1.09. The van der Waals surface area contributed by atoms with Crippen LogP contribution in [0.3, 0.4) is 0 Å². The molecule has 0 aromatic heterocycles. The quantitative estimate of drug-likeness (QED) is 0.714. The molecule has 1 atom stereocenters. The Morgan fingerprint density at radius 2 is 2.21 bits per heavy atom. The van der Waals surface area contributed by atoms with Crippen LogP contribution < -0.4 is 5.32 Å². The van der Waals surface area contributed by atoms with Crippen molar-refractivity contribution < 1.29 is 14.6 Å². The highest BCUT2D eigenvalue weighted by Gasteiger charge is 2.03. The number of halogens is 2. The van der Waals surface area contributed by atoms with E-state index in [9.17, 15) is 4.39 Å². The molecular weight excluding hydrogens is 209 g/mol. The normalized spacial score (nSPS) is 12.6. The number of hydrogen-bond donors (Lipinski definition) is 3. The maximum absolute atomic E-state index is 12.7. The molecule has 1 aromatic rings. The average Bonchev–Trinajstić information content (AvgIpc) is 2.19. The number of aliphatic hydroxyl groups excluding tert-OH is 2. The van der Waals surface area contributed by atoms with Crippen LogP contribution in [0.4, 0.5) is 10.1 Å². The lowest BCUT2D eigenvalue weighted by Gasteiger charge is -2.10. The molecule has 0 amide bonds. The largest absolute Gasteiger partial charge is 0.394 e. The number of aliphatic hydroxyl groups is 2. The van der Waals surface area contributed by atoms with Crippen LogP contribution in [-0.2, 0) is 0 Å². The van der Waals surface area contributed by atoms with Crippen molar-refractivity contribution in [3.63, 3.8) is 0 Å². The zero-order valence-corrected chi connectivity index (χ0v) is 8.13. The maximum Gasteiger partial charge on any atom is 0.141 e. The van der Waals surface area contributed by atoms with E-state index in [1.807, 2.05) is 0 Å². The van der Waals surface area contributed by atoms with Crippen molar-refractivity contribution in [1.82, 2.24) is 0 Å². The zero-order chi connectivity index (χ0) is 10.6. The summed E-state index contributed by atoms with van der Waals surface area (Å²) in [4.78, 5) is 0. The Morgan fingerprint density at radius 3 is 2.79 bits per heavy atom. The average molecular weight is 220 g/mol. The predicted octanol–water partition coefficient (Wildman–Crippen LogP) is 1.24. The molecule has 78 valence electrons. The van der Waals surface area contributed by atoms with Crippen molar-refractivity contribution in [2.75, 3.05) is 18.5 Å². The Balaban J connectivity index is 2.55. The van der Waals surface area contributed by atoms with Crippen LogP contribution in [0.15, 0.2) is 18.2 Å². The fourth-order valence-electron chi connectivity index (χ4n) is 0.906. The van der Waals surface area contributed by atoms with Gasteiger partial charge < -0.3 is 15.5 Å². The molecule has 1 rings (SSSR count). The minimum atomic E-state index is -0.834. The van der Waals surface area contributed by atoms with Gasteiger partial charge in [-0.15, -0.1) is 0 Å². The Kier molecular flexibility index (Phi) is 4.13. The van der Waals surface area contributed by atoms with E-state index >= 15 is 0 Å². The maximum atomic E-state index is 12.7. The van der Waals surface area contributed by atoms with Gasteiger partial charge in [0.05, 0.1) is 17.7 Å². The van der Waals surface area contributed by atoms with Crippen molar-refractivity contribution in [3.05, 3.63) is 29.0 Å². The first-order valence-corrected chi connectivity index (χ1v) is 4.49. The molecule has 0 spiro atoms.